The van der Waals surface area contributed by atoms with Gasteiger partial charge < -0.3 is 5.32 Å². The maximum Gasteiger partial charge on any atom is 0.101 e. The molecule has 0 atom stereocenters. The van der Waals surface area contributed by atoms with E-state index in [4.69, 9.17) is 16.9 Å². The highest BCUT2D eigenvalue weighted by Crippen LogP contribution is 2.41. The summed E-state index contributed by atoms with van der Waals surface area (Å²) in [7, 11) is 0. The van der Waals surface area contributed by atoms with Crippen molar-refractivity contribution in [2.75, 3.05) is 5.32 Å². The van der Waals surface area contributed by atoms with Gasteiger partial charge in [-0.15, -0.1) is 0 Å². The first-order chi connectivity index (χ1) is 9.78. The van der Waals surface area contributed by atoms with E-state index in [-0.39, 0.29) is 0 Å². The molecule has 2 aromatic carbocycles. The third-order valence-electron chi connectivity index (χ3n) is 3.64. The van der Waals surface area contributed by atoms with E-state index >= 15 is 0 Å². The summed E-state index contributed by atoms with van der Waals surface area (Å²) in [5.41, 5.74) is 4.22. The highest BCUT2D eigenvalue weighted by Gasteiger charge is 2.25. The van der Waals surface area contributed by atoms with Crippen LogP contribution < -0.4 is 5.32 Å². The molecule has 0 spiro atoms. The minimum absolute atomic E-state index is 0.497. The molecule has 20 heavy (non-hydrogen) atoms. The van der Waals surface area contributed by atoms with Crippen molar-refractivity contribution in [2.45, 2.75) is 25.3 Å². The van der Waals surface area contributed by atoms with Gasteiger partial charge in [-0.2, -0.15) is 5.26 Å². The highest BCUT2D eigenvalue weighted by atomic mass is 35.5. The lowest BCUT2D eigenvalue weighted by molar-refractivity contribution is 1.04. The van der Waals surface area contributed by atoms with Crippen molar-refractivity contribution in [3.8, 4) is 6.07 Å². The molecule has 0 saturated heterocycles. The minimum atomic E-state index is 0.497. The molecular formula is C17H15ClN2. The average molecular weight is 283 g/mol. The van der Waals surface area contributed by atoms with Crippen LogP contribution in [0.15, 0.2) is 42.5 Å². The van der Waals surface area contributed by atoms with E-state index in [2.05, 4.69) is 35.7 Å². The van der Waals surface area contributed by atoms with Crippen LogP contribution in [-0.4, -0.2) is 0 Å². The molecule has 0 aliphatic heterocycles. The van der Waals surface area contributed by atoms with Crippen molar-refractivity contribution in [3.63, 3.8) is 0 Å². The van der Waals surface area contributed by atoms with Gasteiger partial charge >= 0.3 is 0 Å². The summed E-state index contributed by atoms with van der Waals surface area (Å²) in [6, 6.07) is 16.1. The summed E-state index contributed by atoms with van der Waals surface area (Å²) >= 11 is 5.94. The zero-order valence-electron chi connectivity index (χ0n) is 11.1. The third-order valence-corrected chi connectivity index (χ3v) is 3.97. The van der Waals surface area contributed by atoms with E-state index in [0.717, 1.165) is 18.2 Å². The molecule has 0 bridgehead atoms. The van der Waals surface area contributed by atoms with E-state index in [9.17, 15) is 0 Å². The highest BCUT2D eigenvalue weighted by molar-refractivity contribution is 6.31. The van der Waals surface area contributed by atoms with Gasteiger partial charge in [0, 0.05) is 12.2 Å². The van der Waals surface area contributed by atoms with Crippen molar-refractivity contribution in [1.82, 2.24) is 0 Å². The van der Waals surface area contributed by atoms with Crippen molar-refractivity contribution < 1.29 is 0 Å². The Hall–Kier alpha value is -1.98. The summed E-state index contributed by atoms with van der Waals surface area (Å²) in [6.07, 6.45) is 2.60. The van der Waals surface area contributed by atoms with E-state index in [1.165, 1.54) is 24.0 Å². The van der Waals surface area contributed by atoms with Crippen LogP contribution >= 0.6 is 11.6 Å². The monoisotopic (exact) mass is 282 g/mol. The lowest BCUT2D eigenvalue weighted by atomic mass is 10.0. The molecule has 0 heterocycles. The summed E-state index contributed by atoms with van der Waals surface area (Å²) in [5.74, 6) is 0.743. The Morgan fingerprint density at radius 2 is 2.00 bits per heavy atom. The van der Waals surface area contributed by atoms with E-state index in [0.29, 0.717) is 10.6 Å². The van der Waals surface area contributed by atoms with Crippen LogP contribution in [-0.2, 0) is 6.54 Å². The second-order valence-corrected chi connectivity index (χ2v) is 5.54. The number of nitrogens with zero attached hydrogens (tertiary/aromatic N) is 1. The maximum absolute atomic E-state index is 8.99. The van der Waals surface area contributed by atoms with Crippen LogP contribution in [0.4, 0.5) is 5.69 Å². The number of rotatable bonds is 4. The largest absolute Gasteiger partial charge is 0.381 e. The first kappa shape index (κ1) is 13.0. The van der Waals surface area contributed by atoms with Crippen molar-refractivity contribution >= 4 is 17.3 Å². The van der Waals surface area contributed by atoms with Crippen LogP contribution in [0, 0.1) is 11.3 Å². The fraction of sp³-hybridized carbons (Fsp3) is 0.235. The number of halogens is 1. The second-order valence-electron chi connectivity index (χ2n) is 5.13. The maximum atomic E-state index is 8.99. The van der Waals surface area contributed by atoms with Crippen LogP contribution in [0.3, 0.4) is 0 Å². The lowest BCUT2D eigenvalue weighted by Gasteiger charge is -2.11. The zero-order chi connectivity index (χ0) is 13.9. The molecule has 0 aromatic heterocycles. The topological polar surface area (TPSA) is 35.8 Å². The van der Waals surface area contributed by atoms with Gasteiger partial charge in [-0.1, -0.05) is 35.9 Å². The number of anilines is 1. The Balaban J connectivity index is 1.75. The standard InChI is InChI=1S/C17H15ClN2/c18-17-8-7-15(9-14(17)10-19)20-11-13-3-1-2-4-16(13)12-5-6-12/h1-4,7-9,12,20H,5-6,11H2. The molecule has 3 heteroatoms. The van der Waals surface area contributed by atoms with Crippen molar-refractivity contribution in [1.29, 1.82) is 5.26 Å². The van der Waals surface area contributed by atoms with Crippen molar-refractivity contribution in [2.24, 2.45) is 0 Å². The summed E-state index contributed by atoms with van der Waals surface area (Å²) in [4.78, 5) is 0. The molecule has 1 saturated carbocycles. The van der Waals surface area contributed by atoms with Gasteiger partial charge in [-0.05, 0) is 48.1 Å². The molecule has 0 unspecified atom stereocenters. The van der Waals surface area contributed by atoms with Crippen LogP contribution in [0.5, 0.6) is 0 Å². The zero-order valence-corrected chi connectivity index (χ0v) is 11.8. The number of nitrogens with one attached hydrogen (secondary N) is 1. The van der Waals surface area contributed by atoms with E-state index in [1.54, 1.807) is 12.1 Å². The summed E-state index contributed by atoms with van der Waals surface area (Å²) in [6.45, 7) is 0.777. The lowest BCUT2D eigenvalue weighted by Crippen LogP contribution is -2.02. The predicted octanol–water partition coefficient (Wildman–Crippen LogP) is 4.70. The molecule has 1 aliphatic carbocycles. The van der Waals surface area contributed by atoms with Crippen LogP contribution in [0.2, 0.25) is 5.02 Å². The molecule has 3 rings (SSSR count). The first-order valence-corrected chi connectivity index (χ1v) is 7.17. The second kappa shape index (κ2) is 5.56. The van der Waals surface area contributed by atoms with Crippen LogP contribution in [0.1, 0.15) is 35.4 Å². The number of hydrogen-bond acceptors (Lipinski definition) is 2. The molecule has 0 amide bonds. The molecule has 2 nitrogen and oxygen atoms in total. The third kappa shape index (κ3) is 2.79. The Bertz CT molecular complexity index is 669. The summed E-state index contributed by atoms with van der Waals surface area (Å²) < 4.78 is 0. The average Bonchev–Trinajstić information content (AvgIpc) is 3.31. The van der Waals surface area contributed by atoms with Gasteiger partial charge in [0.15, 0.2) is 0 Å². The molecule has 1 N–H and O–H groups in total. The van der Waals surface area contributed by atoms with Gasteiger partial charge in [0.1, 0.15) is 6.07 Å². The number of benzene rings is 2. The molecule has 0 radical (unpaired) electrons. The van der Waals surface area contributed by atoms with Gasteiger partial charge in [-0.3, -0.25) is 0 Å². The van der Waals surface area contributed by atoms with E-state index in [1.807, 2.05) is 6.07 Å². The Kier molecular flexibility index (Phi) is 3.62. The normalized spacial score (nSPS) is 13.8. The molecule has 1 fully saturated rings. The summed E-state index contributed by atoms with van der Waals surface area (Å²) in [5, 5.41) is 12.9. The molecule has 100 valence electrons. The molecule has 1 aliphatic rings. The van der Waals surface area contributed by atoms with Gasteiger partial charge in [0.25, 0.3) is 0 Å². The Morgan fingerprint density at radius 1 is 1.20 bits per heavy atom. The quantitative estimate of drug-likeness (QED) is 0.882. The molecular weight excluding hydrogens is 268 g/mol. The minimum Gasteiger partial charge on any atom is -0.381 e. The van der Waals surface area contributed by atoms with Gasteiger partial charge in [-0.25, -0.2) is 0 Å². The first-order valence-electron chi connectivity index (χ1n) is 6.79. The fourth-order valence-electron chi connectivity index (χ4n) is 2.41. The smallest absolute Gasteiger partial charge is 0.101 e. The number of hydrogen-bond donors (Lipinski definition) is 1. The fourth-order valence-corrected chi connectivity index (χ4v) is 2.57. The van der Waals surface area contributed by atoms with Gasteiger partial charge in [0.05, 0.1) is 10.6 Å². The molecule has 2 aromatic rings. The SMILES string of the molecule is N#Cc1cc(NCc2ccccc2C2CC2)ccc1Cl. The Labute approximate surface area is 124 Å². The van der Waals surface area contributed by atoms with Crippen molar-refractivity contribution in [3.05, 3.63) is 64.2 Å². The number of nitriles is 1. The van der Waals surface area contributed by atoms with Gasteiger partial charge in [0.2, 0.25) is 0 Å². The Morgan fingerprint density at radius 3 is 2.75 bits per heavy atom. The van der Waals surface area contributed by atoms with E-state index < -0.39 is 0 Å². The predicted molar refractivity (Wildman–Crippen MR) is 81.9 cm³/mol. The van der Waals surface area contributed by atoms with Crippen LogP contribution in [0.25, 0.3) is 0 Å².